The van der Waals surface area contributed by atoms with Crippen LogP contribution in [0.15, 0.2) is 41.1 Å². The lowest BCUT2D eigenvalue weighted by molar-refractivity contribution is 0.549. The van der Waals surface area contributed by atoms with Crippen molar-refractivity contribution in [2.75, 3.05) is 0 Å². The molecule has 1 aromatic heterocycles. The van der Waals surface area contributed by atoms with E-state index < -0.39 is 0 Å². The lowest BCUT2D eigenvalue weighted by Crippen LogP contribution is -2.20. The van der Waals surface area contributed by atoms with Gasteiger partial charge in [-0.2, -0.15) is 0 Å². The second kappa shape index (κ2) is 5.47. The van der Waals surface area contributed by atoms with Crippen LogP contribution in [0.1, 0.15) is 24.4 Å². The number of rotatable bonds is 4. The van der Waals surface area contributed by atoms with Crippen molar-refractivity contribution < 1.29 is 0 Å². The van der Waals surface area contributed by atoms with Gasteiger partial charge in [0.05, 0.1) is 6.54 Å². The Labute approximate surface area is 110 Å². The third-order valence-corrected chi connectivity index (χ3v) is 3.33. The molecule has 1 aromatic carbocycles. The minimum absolute atomic E-state index is 0.309. The molecule has 0 saturated heterocycles. The van der Waals surface area contributed by atoms with E-state index >= 15 is 0 Å². The summed E-state index contributed by atoms with van der Waals surface area (Å²) in [7, 11) is 2.01. The smallest absolute Gasteiger partial charge is 0.122 e. The number of aryl methyl sites for hydroxylation is 1. The molecule has 0 amide bonds. The number of hydrogen-bond acceptors (Lipinski definition) is 2. The van der Waals surface area contributed by atoms with Gasteiger partial charge in [0.2, 0.25) is 0 Å². The third-order valence-electron chi connectivity index (χ3n) is 2.84. The fourth-order valence-corrected chi connectivity index (χ4v) is 2.12. The summed E-state index contributed by atoms with van der Waals surface area (Å²) < 4.78 is 3.14. The number of hydrogen-bond donors (Lipinski definition) is 1. The SMILES string of the molecule is C[C@H](NCc1nccn1C)c1cccc(Br)c1. The Balaban J connectivity index is 1.98. The van der Waals surface area contributed by atoms with Crippen molar-refractivity contribution in [3.05, 3.63) is 52.5 Å². The van der Waals surface area contributed by atoms with Crippen molar-refractivity contribution >= 4 is 15.9 Å². The van der Waals surface area contributed by atoms with Gasteiger partial charge in [-0.15, -0.1) is 0 Å². The van der Waals surface area contributed by atoms with Crippen LogP contribution in [-0.2, 0) is 13.6 Å². The third kappa shape index (κ3) is 3.17. The highest BCUT2D eigenvalue weighted by Gasteiger charge is 2.06. The van der Waals surface area contributed by atoms with Gasteiger partial charge in [0.15, 0.2) is 0 Å². The first-order valence-electron chi connectivity index (χ1n) is 5.62. The zero-order valence-electron chi connectivity index (χ0n) is 10.0. The average molecular weight is 294 g/mol. The van der Waals surface area contributed by atoms with E-state index in [4.69, 9.17) is 0 Å². The molecule has 2 aromatic rings. The first-order chi connectivity index (χ1) is 8.16. The van der Waals surface area contributed by atoms with Crippen molar-refractivity contribution in [2.45, 2.75) is 19.5 Å². The van der Waals surface area contributed by atoms with Crippen molar-refractivity contribution in [1.82, 2.24) is 14.9 Å². The van der Waals surface area contributed by atoms with Crippen LogP contribution in [-0.4, -0.2) is 9.55 Å². The largest absolute Gasteiger partial charge is 0.337 e. The minimum atomic E-state index is 0.309. The van der Waals surface area contributed by atoms with Gasteiger partial charge in [0, 0.05) is 30.0 Å². The van der Waals surface area contributed by atoms with Gasteiger partial charge >= 0.3 is 0 Å². The van der Waals surface area contributed by atoms with E-state index in [0.29, 0.717) is 6.04 Å². The van der Waals surface area contributed by atoms with Crippen molar-refractivity contribution in [3.63, 3.8) is 0 Å². The first-order valence-corrected chi connectivity index (χ1v) is 6.41. The number of benzene rings is 1. The second-order valence-corrected chi connectivity index (χ2v) is 5.03. The zero-order chi connectivity index (χ0) is 12.3. The lowest BCUT2D eigenvalue weighted by atomic mass is 10.1. The fraction of sp³-hybridized carbons (Fsp3) is 0.308. The summed E-state index contributed by atoms with van der Waals surface area (Å²) in [6.07, 6.45) is 3.78. The molecule has 1 N–H and O–H groups in total. The summed E-state index contributed by atoms with van der Waals surface area (Å²) in [5, 5.41) is 3.47. The molecule has 0 spiro atoms. The van der Waals surface area contributed by atoms with Crippen molar-refractivity contribution in [2.24, 2.45) is 7.05 Å². The predicted octanol–water partition coefficient (Wildman–Crippen LogP) is 3.03. The van der Waals surface area contributed by atoms with Gasteiger partial charge in [0.1, 0.15) is 5.82 Å². The van der Waals surface area contributed by atoms with Crippen molar-refractivity contribution in [3.8, 4) is 0 Å². The second-order valence-electron chi connectivity index (χ2n) is 4.11. The molecular weight excluding hydrogens is 278 g/mol. The molecule has 3 nitrogen and oxygen atoms in total. The highest BCUT2D eigenvalue weighted by molar-refractivity contribution is 9.10. The van der Waals surface area contributed by atoms with E-state index in [1.54, 1.807) is 0 Å². The van der Waals surface area contributed by atoms with E-state index in [2.05, 4.69) is 51.4 Å². The summed E-state index contributed by atoms with van der Waals surface area (Å²) in [5.41, 5.74) is 1.27. The lowest BCUT2D eigenvalue weighted by Gasteiger charge is -2.14. The van der Waals surface area contributed by atoms with Gasteiger partial charge in [-0.1, -0.05) is 28.1 Å². The maximum Gasteiger partial charge on any atom is 0.122 e. The zero-order valence-corrected chi connectivity index (χ0v) is 11.6. The molecule has 0 saturated carbocycles. The Morgan fingerprint density at radius 3 is 2.94 bits per heavy atom. The number of nitrogens with zero attached hydrogens (tertiary/aromatic N) is 2. The Morgan fingerprint density at radius 2 is 2.29 bits per heavy atom. The molecule has 90 valence electrons. The Hall–Kier alpha value is -1.13. The van der Waals surface area contributed by atoms with E-state index in [-0.39, 0.29) is 0 Å². The number of nitrogens with one attached hydrogen (secondary N) is 1. The van der Waals surface area contributed by atoms with E-state index in [1.807, 2.05) is 30.1 Å². The normalized spacial score (nSPS) is 12.6. The molecule has 0 aliphatic carbocycles. The van der Waals surface area contributed by atoms with Gasteiger partial charge in [0.25, 0.3) is 0 Å². The van der Waals surface area contributed by atoms with Crippen LogP contribution < -0.4 is 5.32 Å². The topological polar surface area (TPSA) is 29.9 Å². The summed E-state index contributed by atoms with van der Waals surface area (Å²) in [5.74, 6) is 1.05. The minimum Gasteiger partial charge on any atom is -0.337 e. The number of halogens is 1. The Morgan fingerprint density at radius 1 is 1.47 bits per heavy atom. The molecule has 0 radical (unpaired) electrons. The highest BCUT2D eigenvalue weighted by atomic mass is 79.9. The first kappa shape index (κ1) is 12.3. The van der Waals surface area contributed by atoms with Crippen LogP contribution in [0.2, 0.25) is 0 Å². The van der Waals surface area contributed by atoms with Crippen LogP contribution in [0.3, 0.4) is 0 Å². The molecule has 0 aliphatic rings. The summed E-state index contributed by atoms with van der Waals surface area (Å²) >= 11 is 3.49. The number of imidazole rings is 1. The summed E-state index contributed by atoms with van der Waals surface area (Å²) in [6, 6.07) is 8.66. The molecule has 17 heavy (non-hydrogen) atoms. The van der Waals surface area contributed by atoms with Crippen LogP contribution in [0.4, 0.5) is 0 Å². The molecular formula is C13H16BrN3. The monoisotopic (exact) mass is 293 g/mol. The highest BCUT2D eigenvalue weighted by Crippen LogP contribution is 2.17. The maximum absolute atomic E-state index is 4.29. The molecule has 0 aliphatic heterocycles. The molecule has 1 heterocycles. The quantitative estimate of drug-likeness (QED) is 0.939. The van der Waals surface area contributed by atoms with Crippen LogP contribution in [0.5, 0.6) is 0 Å². The van der Waals surface area contributed by atoms with Crippen LogP contribution in [0.25, 0.3) is 0 Å². The molecule has 4 heteroatoms. The predicted molar refractivity (Wildman–Crippen MR) is 72.6 cm³/mol. The molecule has 2 rings (SSSR count). The Kier molecular flexibility index (Phi) is 3.97. The molecule has 1 atom stereocenters. The molecule has 0 unspecified atom stereocenters. The van der Waals surface area contributed by atoms with Crippen LogP contribution >= 0.6 is 15.9 Å². The van der Waals surface area contributed by atoms with E-state index in [9.17, 15) is 0 Å². The summed E-state index contributed by atoms with van der Waals surface area (Å²) in [6.45, 7) is 2.93. The standard InChI is InChI=1S/C13H16BrN3/c1-10(11-4-3-5-12(14)8-11)16-9-13-15-6-7-17(13)2/h3-8,10,16H,9H2,1-2H3/t10-/m0/s1. The van der Waals surface area contributed by atoms with Gasteiger partial charge < -0.3 is 9.88 Å². The van der Waals surface area contributed by atoms with Gasteiger partial charge in [-0.3, -0.25) is 0 Å². The van der Waals surface area contributed by atoms with Crippen LogP contribution in [0, 0.1) is 0 Å². The molecule has 0 fully saturated rings. The maximum atomic E-state index is 4.29. The van der Waals surface area contributed by atoms with E-state index in [0.717, 1.165) is 16.8 Å². The average Bonchev–Trinajstić information content (AvgIpc) is 2.72. The van der Waals surface area contributed by atoms with Crippen molar-refractivity contribution in [1.29, 1.82) is 0 Å². The van der Waals surface area contributed by atoms with Gasteiger partial charge in [-0.25, -0.2) is 4.98 Å². The van der Waals surface area contributed by atoms with E-state index in [1.165, 1.54) is 5.56 Å². The Bertz CT molecular complexity index is 493. The summed E-state index contributed by atoms with van der Waals surface area (Å²) in [4.78, 5) is 4.29. The molecule has 0 bridgehead atoms. The fourth-order valence-electron chi connectivity index (χ4n) is 1.70. The number of aromatic nitrogens is 2. The van der Waals surface area contributed by atoms with Gasteiger partial charge in [-0.05, 0) is 24.6 Å².